The van der Waals surface area contributed by atoms with Crippen LogP contribution < -0.4 is 0 Å². The van der Waals surface area contributed by atoms with Gasteiger partial charge in [0.1, 0.15) is 6.33 Å². The minimum Gasteiger partial charge on any atom is -0.339 e. The van der Waals surface area contributed by atoms with Gasteiger partial charge in [-0.3, -0.25) is 9.20 Å². The first kappa shape index (κ1) is 13.6. The summed E-state index contributed by atoms with van der Waals surface area (Å²) in [5, 5.41) is 11.9. The predicted octanol–water partition coefficient (Wildman–Crippen LogP) is 1.97. The van der Waals surface area contributed by atoms with Gasteiger partial charge in [-0.1, -0.05) is 5.16 Å². The second-order valence-electron chi connectivity index (χ2n) is 6.44. The lowest BCUT2D eigenvalue weighted by molar-refractivity contribution is 0.0728. The maximum absolute atomic E-state index is 12.9. The molecule has 1 saturated heterocycles. The maximum atomic E-state index is 12.9. The van der Waals surface area contributed by atoms with E-state index in [1.165, 1.54) is 0 Å². The summed E-state index contributed by atoms with van der Waals surface area (Å²) in [4.78, 5) is 19.3. The topological polar surface area (TPSA) is 89.4 Å². The quantitative estimate of drug-likeness (QED) is 0.731. The molecule has 0 N–H and O–H groups in total. The lowest BCUT2D eigenvalue weighted by Crippen LogP contribution is -2.31. The summed E-state index contributed by atoms with van der Waals surface area (Å²) in [5.41, 5.74) is 1.33. The molecule has 1 unspecified atom stereocenters. The molecule has 1 saturated carbocycles. The molecule has 3 aromatic rings. The van der Waals surface area contributed by atoms with E-state index in [4.69, 9.17) is 4.52 Å². The molecule has 1 aliphatic heterocycles. The number of aromatic nitrogens is 5. The van der Waals surface area contributed by atoms with E-state index >= 15 is 0 Å². The lowest BCUT2D eigenvalue weighted by Gasteiger charge is -2.22. The molecular formula is C16H16N6O2. The van der Waals surface area contributed by atoms with Crippen molar-refractivity contribution in [1.29, 1.82) is 0 Å². The van der Waals surface area contributed by atoms with E-state index in [2.05, 4.69) is 20.3 Å². The fourth-order valence-electron chi connectivity index (χ4n) is 3.28. The highest BCUT2D eigenvalue weighted by molar-refractivity contribution is 5.94. The van der Waals surface area contributed by atoms with Crippen LogP contribution in [0.5, 0.6) is 0 Å². The van der Waals surface area contributed by atoms with E-state index < -0.39 is 0 Å². The number of carbonyl (C=O) groups is 1. The lowest BCUT2D eigenvalue weighted by atomic mass is 10.2. The van der Waals surface area contributed by atoms with E-state index in [0.717, 1.165) is 37.2 Å². The Morgan fingerprint density at radius 3 is 3.04 bits per heavy atom. The van der Waals surface area contributed by atoms with Gasteiger partial charge in [-0.05, 0) is 37.8 Å². The first-order valence-corrected chi connectivity index (χ1v) is 8.23. The van der Waals surface area contributed by atoms with Crippen molar-refractivity contribution < 1.29 is 9.32 Å². The van der Waals surface area contributed by atoms with Gasteiger partial charge in [-0.2, -0.15) is 4.98 Å². The molecule has 24 heavy (non-hydrogen) atoms. The van der Waals surface area contributed by atoms with Crippen LogP contribution >= 0.6 is 0 Å². The number of fused-ring (bicyclic) bond motifs is 1. The SMILES string of the molecule is O=C(c1ccc2nncn2c1)N1CCCC1c1noc(C2CC2)n1. The third-order valence-electron chi connectivity index (χ3n) is 4.73. The van der Waals surface area contributed by atoms with E-state index in [9.17, 15) is 4.79 Å². The van der Waals surface area contributed by atoms with Gasteiger partial charge in [0.2, 0.25) is 5.89 Å². The number of rotatable bonds is 3. The van der Waals surface area contributed by atoms with Gasteiger partial charge < -0.3 is 9.42 Å². The molecule has 8 nitrogen and oxygen atoms in total. The van der Waals surface area contributed by atoms with Crippen LogP contribution in [0.4, 0.5) is 0 Å². The zero-order valence-corrected chi connectivity index (χ0v) is 13.0. The van der Waals surface area contributed by atoms with Gasteiger partial charge in [0.05, 0.1) is 11.6 Å². The molecule has 8 heteroatoms. The second kappa shape index (κ2) is 5.12. The number of hydrogen-bond donors (Lipinski definition) is 0. The molecular weight excluding hydrogens is 308 g/mol. The number of carbonyl (C=O) groups excluding carboxylic acids is 1. The number of hydrogen-bond acceptors (Lipinski definition) is 6. The van der Waals surface area contributed by atoms with Crippen molar-refractivity contribution in [2.75, 3.05) is 6.54 Å². The van der Waals surface area contributed by atoms with E-state index in [0.29, 0.717) is 23.9 Å². The van der Waals surface area contributed by atoms with Crippen LogP contribution in [0.2, 0.25) is 0 Å². The molecule has 2 fully saturated rings. The van der Waals surface area contributed by atoms with Crippen LogP contribution in [0.25, 0.3) is 5.65 Å². The van der Waals surface area contributed by atoms with Crippen LogP contribution in [0.1, 0.15) is 59.7 Å². The summed E-state index contributed by atoms with van der Waals surface area (Å²) >= 11 is 0. The summed E-state index contributed by atoms with van der Waals surface area (Å²) in [6.45, 7) is 0.705. The first-order chi connectivity index (χ1) is 11.8. The Morgan fingerprint density at radius 1 is 1.25 bits per heavy atom. The Hall–Kier alpha value is -2.77. The summed E-state index contributed by atoms with van der Waals surface area (Å²) in [6, 6.07) is 3.48. The second-order valence-corrected chi connectivity index (χ2v) is 6.44. The molecule has 0 bridgehead atoms. The Kier molecular flexibility index (Phi) is 2.91. The van der Waals surface area contributed by atoms with E-state index in [1.807, 2.05) is 4.90 Å². The zero-order valence-electron chi connectivity index (χ0n) is 13.0. The highest BCUT2D eigenvalue weighted by Crippen LogP contribution is 2.40. The predicted molar refractivity (Wildman–Crippen MR) is 82.3 cm³/mol. The van der Waals surface area contributed by atoms with Gasteiger partial charge in [0.15, 0.2) is 11.5 Å². The first-order valence-electron chi connectivity index (χ1n) is 8.23. The Morgan fingerprint density at radius 2 is 2.17 bits per heavy atom. The molecule has 122 valence electrons. The van der Waals surface area contributed by atoms with Crippen molar-refractivity contribution in [3.8, 4) is 0 Å². The van der Waals surface area contributed by atoms with Crippen LogP contribution in [-0.2, 0) is 0 Å². The van der Waals surface area contributed by atoms with Crippen molar-refractivity contribution in [1.82, 2.24) is 29.6 Å². The standard InChI is InChI=1S/C16H16N6O2/c23-16(11-5-6-13-19-17-9-21(13)8-11)22-7-1-2-12(22)14-18-15(24-20-14)10-3-4-10/h5-6,8-10,12H,1-4,7H2. The highest BCUT2D eigenvalue weighted by atomic mass is 16.5. The Balaban J connectivity index is 1.43. The molecule has 0 spiro atoms. The van der Waals surface area contributed by atoms with Gasteiger partial charge in [-0.15, -0.1) is 10.2 Å². The average Bonchev–Trinajstić information content (AvgIpc) is 3.06. The third-order valence-corrected chi connectivity index (χ3v) is 4.73. The van der Waals surface area contributed by atoms with Gasteiger partial charge in [0.25, 0.3) is 5.91 Å². The number of nitrogens with zero attached hydrogens (tertiary/aromatic N) is 6. The van der Waals surface area contributed by atoms with Crippen molar-refractivity contribution in [3.05, 3.63) is 41.9 Å². The van der Waals surface area contributed by atoms with Crippen molar-refractivity contribution in [2.45, 2.75) is 37.6 Å². The molecule has 1 aliphatic carbocycles. The summed E-state index contributed by atoms with van der Waals surface area (Å²) in [7, 11) is 0. The fourth-order valence-corrected chi connectivity index (χ4v) is 3.28. The normalized spacial score (nSPS) is 20.8. The van der Waals surface area contributed by atoms with Crippen LogP contribution in [0, 0.1) is 0 Å². The van der Waals surface area contributed by atoms with Crippen molar-refractivity contribution in [3.63, 3.8) is 0 Å². The third kappa shape index (κ3) is 2.17. The minimum atomic E-state index is -0.106. The Labute approximate surface area is 137 Å². The molecule has 5 rings (SSSR count). The van der Waals surface area contributed by atoms with Crippen molar-refractivity contribution >= 4 is 11.6 Å². The monoisotopic (exact) mass is 324 g/mol. The fraction of sp³-hybridized carbons (Fsp3) is 0.438. The number of amides is 1. The van der Waals surface area contributed by atoms with Gasteiger partial charge in [-0.25, -0.2) is 0 Å². The summed E-state index contributed by atoms with van der Waals surface area (Å²) < 4.78 is 7.11. The van der Waals surface area contributed by atoms with Crippen LogP contribution in [0.15, 0.2) is 29.2 Å². The molecule has 1 atom stereocenters. The van der Waals surface area contributed by atoms with Gasteiger partial charge in [0, 0.05) is 18.7 Å². The smallest absolute Gasteiger partial charge is 0.255 e. The van der Waals surface area contributed by atoms with E-state index in [-0.39, 0.29) is 11.9 Å². The number of likely N-dealkylation sites (tertiary alicyclic amines) is 1. The highest BCUT2D eigenvalue weighted by Gasteiger charge is 2.36. The van der Waals surface area contributed by atoms with Crippen LogP contribution in [-0.4, -0.2) is 42.1 Å². The number of pyridine rings is 1. The molecule has 3 aromatic heterocycles. The average molecular weight is 324 g/mol. The summed E-state index contributed by atoms with van der Waals surface area (Å²) in [5.74, 6) is 1.75. The van der Waals surface area contributed by atoms with Crippen LogP contribution in [0.3, 0.4) is 0 Å². The molecule has 0 aromatic carbocycles. The summed E-state index contributed by atoms with van der Waals surface area (Å²) in [6.07, 6.45) is 7.40. The minimum absolute atomic E-state index is 0.0223. The molecule has 4 heterocycles. The zero-order chi connectivity index (χ0) is 16.1. The van der Waals surface area contributed by atoms with E-state index in [1.54, 1.807) is 29.1 Å². The molecule has 0 radical (unpaired) electrons. The van der Waals surface area contributed by atoms with Gasteiger partial charge >= 0.3 is 0 Å². The molecule has 2 aliphatic rings. The maximum Gasteiger partial charge on any atom is 0.255 e. The largest absolute Gasteiger partial charge is 0.339 e. The van der Waals surface area contributed by atoms with Crippen molar-refractivity contribution in [2.24, 2.45) is 0 Å². The molecule has 1 amide bonds. The Bertz CT molecular complexity index is 912.